The predicted molar refractivity (Wildman–Crippen MR) is 73.6 cm³/mol. The fourth-order valence-corrected chi connectivity index (χ4v) is 2.85. The maximum absolute atomic E-state index is 5.98. The van der Waals surface area contributed by atoms with E-state index in [1.54, 1.807) is 0 Å². The van der Waals surface area contributed by atoms with Gasteiger partial charge in [-0.2, -0.15) is 0 Å². The van der Waals surface area contributed by atoms with Gasteiger partial charge in [-0.1, -0.05) is 13.8 Å². The van der Waals surface area contributed by atoms with Gasteiger partial charge in [-0.15, -0.1) is 11.6 Å². The fourth-order valence-electron chi connectivity index (χ4n) is 2.62. The minimum atomic E-state index is 0.571. The average Bonchev–Trinajstić information content (AvgIpc) is 2.39. The SMILES string of the molecule is CC(C)C1CCN(c2cnccc2CCl)CC1. The van der Waals surface area contributed by atoms with E-state index in [4.69, 9.17) is 11.6 Å². The number of pyridine rings is 1. The smallest absolute Gasteiger partial charge is 0.0597 e. The number of hydrogen-bond acceptors (Lipinski definition) is 2. The molecule has 17 heavy (non-hydrogen) atoms. The molecule has 0 radical (unpaired) electrons. The van der Waals surface area contributed by atoms with Crippen molar-refractivity contribution >= 4 is 17.3 Å². The van der Waals surface area contributed by atoms with Gasteiger partial charge in [0.15, 0.2) is 0 Å². The Hall–Kier alpha value is -0.760. The second kappa shape index (κ2) is 5.72. The number of rotatable bonds is 3. The van der Waals surface area contributed by atoms with Crippen molar-refractivity contribution in [2.45, 2.75) is 32.6 Å². The first-order valence-corrected chi connectivity index (χ1v) is 6.99. The molecule has 0 atom stereocenters. The summed E-state index contributed by atoms with van der Waals surface area (Å²) < 4.78 is 0. The molecule has 0 saturated carbocycles. The van der Waals surface area contributed by atoms with Gasteiger partial charge in [-0.05, 0) is 36.3 Å². The van der Waals surface area contributed by atoms with Crippen LogP contribution in [0, 0.1) is 11.8 Å². The molecule has 0 unspecified atom stereocenters. The molecule has 2 heterocycles. The molecule has 1 aromatic rings. The lowest BCUT2D eigenvalue weighted by Gasteiger charge is -2.35. The first-order chi connectivity index (χ1) is 8.22. The molecule has 1 aliphatic rings. The van der Waals surface area contributed by atoms with Gasteiger partial charge in [0, 0.05) is 25.2 Å². The molecule has 0 bridgehead atoms. The lowest BCUT2D eigenvalue weighted by molar-refractivity contribution is 0.311. The van der Waals surface area contributed by atoms with Crippen LogP contribution in [0.4, 0.5) is 5.69 Å². The van der Waals surface area contributed by atoms with Crippen molar-refractivity contribution in [1.82, 2.24) is 4.98 Å². The Balaban J connectivity index is 2.05. The monoisotopic (exact) mass is 252 g/mol. The zero-order valence-corrected chi connectivity index (χ0v) is 11.5. The number of nitrogens with zero attached hydrogens (tertiary/aromatic N) is 2. The summed E-state index contributed by atoms with van der Waals surface area (Å²) in [6, 6.07) is 2.02. The maximum Gasteiger partial charge on any atom is 0.0597 e. The molecule has 2 nitrogen and oxygen atoms in total. The largest absolute Gasteiger partial charge is 0.370 e. The first-order valence-electron chi connectivity index (χ1n) is 6.46. The topological polar surface area (TPSA) is 16.1 Å². The summed E-state index contributed by atoms with van der Waals surface area (Å²) in [5, 5.41) is 0. The normalized spacial score (nSPS) is 17.8. The van der Waals surface area contributed by atoms with Crippen molar-refractivity contribution in [1.29, 1.82) is 0 Å². The molecular weight excluding hydrogens is 232 g/mol. The molecule has 0 aliphatic carbocycles. The predicted octanol–water partition coefficient (Wildman–Crippen LogP) is 3.69. The Labute approximate surface area is 109 Å². The van der Waals surface area contributed by atoms with Gasteiger partial charge in [0.1, 0.15) is 0 Å². The van der Waals surface area contributed by atoms with Gasteiger partial charge in [0.05, 0.1) is 11.9 Å². The van der Waals surface area contributed by atoms with E-state index in [1.165, 1.54) is 24.1 Å². The standard InChI is InChI=1S/C14H21ClN2/c1-11(2)12-4-7-17(8-5-12)14-10-16-6-3-13(14)9-15/h3,6,10-12H,4-5,7-9H2,1-2H3. The highest BCUT2D eigenvalue weighted by atomic mass is 35.5. The minimum Gasteiger partial charge on any atom is -0.370 e. The second-order valence-corrected chi connectivity index (χ2v) is 5.47. The highest BCUT2D eigenvalue weighted by Crippen LogP contribution is 2.29. The summed E-state index contributed by atoms with van der Waals surface area (Å²) in [7, 11) is 0. The van der Waals surface area contributed by atoms with Gasteiger partial charge in [-0.25, -0.2) is 0 Å². The van der Waals surface area contributed by atoms with Crippen LogP contribution < -0.4 is 4.90 Å². The number of alkyl halides is 1. The molecular formula is C14H21ClN2. The van der Waals surface area contributed by atoms with Gasteiger partial charge in [-0.3, -0.25) is 4.98 Å². The number of halogens is 1. The lowest BCUT2D eigenvalue weighted by Crippen LogP contribution is -2.35. The van der Waals surface area contributed by atoms with E-state index in [2.05, 4.69) is 23.7 Å². The summed E-state index contributed by atoms with van der Waals surface area (Å²) >= 11 is 5.98. The van der Waals surface area contributed by atoms with Gasteiger partial charge >= 0.3 is 0 Å². The maximum atomic E-state index is 5.98. The van der Waals surface area contributed by atoms with Crippen molar-refractivity contribution in [2.24, 2.45) is 11.8 Å². The lowest BCUT2D eigenvalue weighted by atomic mass is 9.86. The molecule has 1 fully saturated rings. The van der Waals surface area contributed by atoms with Gasteiger partial charge in [0.2, 0.25) is 0 Å². The molecule has 1 saturated heterocycles. The molecule has 1 aromatic heterocycles. The molecule has 0 aromatic carbocycles. The summed E-state index contributed by atoms with van der Waals surface area (Å²) in [5.41, 5.74) is 2.43. The second-order valence-electron chi connectivity index (χ2n) is 5.21. The minimum absolute atomic E-state index is 0.571. The Morgan fingerprint density at radius 1 is 1.41 bits per heavy atom. The number of anilines is 1. The van der Waals surface area contributed by atoms with Gasteiger partial charge < -0.3 is 4.90 Å². The Kier molecular flexibility index (Phi) is 4.27. The van der Waals surface area contributed by atoms with Crippen LogP contribution in [0.15, 0.2) is 18.5 Å². The van der Waals surface area contributed by atoms with E-state index < -0.39 is 0 Å². The number of aromatic nitrogens is 1. The highest BCUT2D eigenvalue weighted by molar-refractivity contribution is 6.17. The Bertz CT molecular complexity index is 357. The average molecular weight is 253 g/mol. The fraction of sp³-hybridized carbons (Fsp3) is 0.643. The van der Waals surface area contributed by atoms with Crippen LogP contribution in [0.1, 0.15) is 32.3 Å². The van der Waals surface area contributed by atoms with Crippen molar-refractivity contribution < 1.29 is 0 Å². The van der Waals surface area contributed by atoms with Crippen LogP contribution in [0.3, 0.4) is 0 Å². The van der Waals surface area contributed by atoms with Crippen LogP contribution in [0.2, 0.25) is 0 Å². The van der Waals surface area contributed by atoms with Crippen molar-refractivity contribution in [3.05, 3.63) is 24.0 Å². The molecule has 1 aliphatic heterocycles. The number of piperidine rings is 1. The van der Waals surface area contributed by atoms with Crippen LogP contribution in [-0.2, 0) is 5.88 Å². The van der Waals surface area contributed by atoms with Crippen molar-refractivity contribution in [3.63, 3.8) is 0 Å². The highest BCUT2D eigenvalue weighted by Gasteiger charge is 2.22. The zero-order chi connectivity index (χ0) is 12.3. The van der Waals surface area contributed by atoms with Crippen LogP contribution in [0.25, 0.3) is 0 Å². The Morgan fingerprint density at radius 2 is 2.12 bits per heavy atom. The quantitative estimate of drug-likeness (QED) is 0.763. The van der Waals surface area contributed by atoms with E-state index in [1.807, 2.05) is 18.5 Å². The van der Waals surface area contributed by atoms with Crippen molar-refractivity contribution in [2.75, 3.05) is 18.0 Å². The van der Waals surface area contributed by atoms with E-state index in [-0.39, 0.29) is 0 Å². The van der Waals surface area contributed by atoms with E-state index in [0.717, 1.165) is 24.9 Å². The molecule has 3 heteroatoms. The molecule has 0 spiro atoms. The Morgan fingerprint density at radius 3 is 2.71 bits per heavy atom. The van der Waals surface area contributed by atoms with Crippen LogP contribution in [0.5, 0.6) is 0 Å². The summed E-state index contributed by atoms with van der Waals surface area (Å²) in [6.45, 7) is 6.93. The van der Waals surface area contributed by atoms with E-state index in [9.17, 15) is 0 Å². The molecule has 0 amide bonds. The third kappa shape index (κ3) is 2.92. The third-order valence-electron chi connectivity index (χ3n) is 3.85. The molecule has 0 N–H and O–H groups in total. The van der Waals surface area contributed by atoms with E-state index >= 15 is 0 Å². The number of hydrogen-bond donors (Lipinski definition) is 0. The van der Waals surface area contributed by atoms with Gasteiger partial charge in [0.25, 0.3) is 0 Å². The molecule has 2 rings (SSSR count). The van der Waals surface area contributed by atoms with E-state index in [0.29, 0.717) is 5.88 Å². The molecule has 94 valence electrons. The summed E-state index contributed by atoms with van der Waals surface area (Å²) in [6.07, 6.45) is 6.35. The van der Waals surface area contributed by atoms with Crippen LogP contribution >= 0.6 is 11.6 Å². The zero-order valence-electron chi connectivity index (χ0n) is 10.7. The van der Waals surface area contributed by atoms with Crippen molar-refractivity contribution in [3.8, 4) is 0 Å². The third-order valence-corrected chi connectivity index (χ3v) is 4.14. The summed E-state index contributed by atoms with van der Waals surface area (Å²) in [4.78, 5) is 6.66. The summed E-state index contributed by atoms with van der Waals surface area (Å²) in [5.74, 6) is 2.25. The van der Waals surface area contributed by atoms with Crippen LogP contribution in [-0.4, -0.2) is 18.1 Å². The first kappa shape index (κ1) is 12.7.